The van der Waals surface area contributed by atoms with Crippen LogP contribution in [-0.2, 0) is 0 Å². The van der Waals surface area contributed by atoms with Gasteiger partial charge in [-0.25, -0.2) is 8.78 Å². The van der Waals surface area contributed by atoms with Gasteiger partial charge in [-0.2, -0.15) is 4.98 Å². The first-order chi connectivity index (χ1) is 7.54. The molecule has 16 heavy (non-hydrogen) atoms. The van der Waals surface area contributed by atoms with Crippen LogP contribution in [0.2, 0.25) is 0 Å². The Bertz CT molecular complexity index is 385. The minimum Gasteiger partial charge on any atom is -0.480 e. The van der Waals surface area contributed by atoms with E-state index in [-0.39, 0.29) is 17.3 Å². The van der Waals surface area contributed by atoms with Crippen LogP contribution in [0.5, 0.6) is 11.8 Å². The summed E-state index contributed by atoms with van der Waals surface area (Å²) in [5.74, 6) is -0.828. The van der Waals surface area contributed by atoms with Gasteiger partial charge in [0.25, 0.3) is 12.3 Å². The molecule has 2 N–H and O–H groups in total. The van der Waals surface area contributed by atoms with Gasteiger partial charge < -0.3 is 15.2 Å². The highest BCUT2D eigenvalue weighted by atomic mass is 19.3. The van der Waals surface area contributed by atoms with E-state index in [2.05, 4.69) is 9.72 Å². The zero-order chi connectivity index (χ0) is 12.1. The molecular weight excluding hydrogens is 222 g/mol. The molecule has 1 amide bonds. The van der Waals surface area contributed by atoms with Crippen molar-refractivity contribution in [2.45, 2.75) is 6.43 Å². The number of hydrogen-bond donors (Lipinski definition) is 1. The minimum atomic E-state index is -2.59. The van der Waals surface area contributed by atoms with Gasteiger partial charge in [0.15, 0.2) is 6.61 Å². The number of primary amides is 1. The highest BCUT2D eigenvalue weighted by Crippen LogP contribution is 2.19. The lowest BCUT2D eigenvalue weighted by molar-refractivity contribution is 0.0791. The summed E-state index contributed by atoms with van der Waals surface area (Å²) in [5.41, 5.74) is 5.10. The molecule has 0 aliphatic heterocycles. The van der Waals surface area contributed by atoms with Crippen molar-refractivity contribution in [3.8, 4) is 11.8 Å². The molecule has 1 rings (SSSR count). The molecule has 0 aliphatic carbocycles. The molecule has 0 radical (unpaired) electrons. The highest BCUT2D eigenvalue weighted by molar-refractivity contribution is 5.95. The van der Waals surface area contributed by atoms with E-state index in [1.54, 1.807) is 0 Å². The van der Waals surface area contributed by atoms with Crippen molar-refractivity contribution in [3.05, 3.63) is 17.7 Å². The van der Waals surface area contributed by atoms with E-state index in [0.717, 1.165) is 0 Å². The van der Waals surface area contributed by atoms with Crippen LogP contribution in [0.25, 0.3) is 0 Å². The third-order valence-corrected chi connectivity index (χ3v) is 1.65. The van der Waals surface area contributed by atoms with Crippen molar-refractivity contribution in [3.63, 3.8) is 0 Å². The molecule has 0 bridgehead atoms. The smallest absolute Gasteiger partial charge is 0.272 e. The quantitative estimate of drug-likeness (QED) is 0.816. The van der Waals surface area contributed by atoms with Crippen LogP contribution in [0.1, 0.15) is 10.4 Å². The Morgan fingerprint density at radius 1 is 1.56 bits per heavy atom. The summed E-state index contributed by atoms with van der Waals surface area (Å²) in [4.78, 5) is 14.6. The molecule has 0 aliphatic rings. The molecule has 0 unspecified atom stereocenters. The molecule has 0 fully saturated rings. The van der Waals surface area contributed by atoms with Crippen LogP contribution in [0.3, 0.4) is 0 Å². The third-order valence-electron chi connectivity index (χ3n) is 1.65. The van der Waals surface area contributed by atoms with Crippen LogP contribution in [-0.4, -0.2) is 31.0 Å². The van der Waals surface area contributed by atoms with Gasteiger partial charge in [0.2, 0.25) is 11.8 Å². The van der Waals surface area contributed by atoms with Crippen molar-refractivity contribution in [2.24, 2.45) is 5.73 Å². The Morgan fingerprint density at radius 2 is 2.25 bits per heavy atom. The predicted molar refractivity (Wildman–Crippen MR) is 50.8 cm³/mol. The Kier molecular flexibility index (Phi) is 3.98. The van der Waals surface area contributed by atoms with Crippen LogP contribution < -0.4 is 15.2 Å². The van der Waals surface area contributed by atoms with Crippen LogP contribution in [0, 0.1) is 0 Å². The van der Waals surface area contributed by atoms with Gasteiger partial charge in [-0.15, -0.1) is 0 Å². The molecule has 1 aromatic heterocycles. The van der Waals surface area contributed by atoms with Crippen molar-refractivity contribution >= 4 is 5.91 Å². The van der Waals surface area contributed by atoms with E-state index in [9.17, 15) is 13.6 Å². The predicted octanol–water partition coefficient (Wildman–Crippen LogP) is 0.833. The molecule has 0 atom stereocenters. The van der Waals surface area contributed by atoms with Gasteiger partial charge in [0.1, 0.15) is 5.56 Å². The normalized spacial score (nSPS) is 10.2. The fourth-order valence-corrected chi connectivity index (χ4v) is 0.995. The van der Waals surface area contributed by atoms with Crippen LogP contribution in [0.4, 0.5) is 8.78 Å². The molecular formula is C9H10F2N2O3. The molecule has 88 valence electrons. The summed E-state index contributed by atoms with van der Waals surface area (Å²) in [5, 5.41) is 0. The molecule has 5 nitrogen and oxygen atoms in total. The molecule has 0 spiro atoms. The second kappa shape index (κ2) is 5.24. The van der Waals surface area contributed by atoms with E-state index < -0.39 is 18.9 Å². The van der Waals surface area contributed by atoms with Crippen molar-refractivity contribution < 1.29 is 23.0 Å². The topological polar surface area (TPSA) is 74.4 Å². The minimum absolute atomic E-state index is 0.0536. The maximum atomic E-state index is 11.9. The van der Waals surface area contributed by atoms with Crippen LogP contribution in [0.15, 0.2) is 12.1 Å². The summed E-state index contributed by atoms with van der Waals surface area (Å²) in [6.45, 7) is -0.772. The number of pyridine rings is 1. The Balaban J connectivity index is 2.86. The average molecular weight is 232 g/mol. The average Bonchev–Trinajstić information content (AvgIpc) is 2.25. The van der Waals surface area contributed by atoms with E-state index >= 15 is 0 Å². The van der Waals surface area contributed by atoms with Crippen molar-refractivity contribution in [2.75, 3.05) is 13.7 Å². The Hall–Kier alpha value is -1.92. The van der Waals surface area contributed by atoms with Crippen LogP contribution >= 0.6 is 0 Å². The van der Waals surface area contributed by atoms with Crippen molar-refractivity contribution in [1.82, 2.24) is 4.98 Å². The van der Waals surface area contributed by atoms with E-state index in [0.29, 0.717) is 0 Å². The number of carbonyl (C=O) groups is 1. The molecule has 0 aromatic carbocycles. The number of methoxy groups -OCH3 is 1. The standard InChI is InChI=1S/C9H10F2N2O3/c1-15-9-5(8(12)14)2-3-7(13-9)16-4-6(10)11/h2-3,6H,4H2,1H3,(H2,12,14). The highest BCUT2D eigenvalue weighted by Gasteiger charge is 2.12. The van der Waals surface area contributed by atoms with Gasteiger partial charge in [-0.05, 0) is 6.07 Å². The number of rotatable bonds is 5. The lowest BCUT2D eigenvalue weighted by atomic mass is 10.2. The van der Waals surface area contributed by atoms with E-state index in [1.807, 2.05) is 0 Å². The van der Waals surface area contributed by atoms with Crippen molar-refractivity contribution in [1.29, 1.82) is 0 Å². The van der Waals surface area contributed by atoms with E-state index in [1.165, 1.54) is 19.2 Å². The molecule has 1 aromatic rings. The van der Waals surface area contributed by atoms with Gasteiger partial charge in [0, 0.05) is 6.07 Å². The first kappa shape index (κ1) is 12.2. The van der Waals surface area contributed by atoms with Gasteiger partial charge in [-0.3, -0.25) is 4.79 Å². The maximum Gasteiger partial charge on any atom is 0.272 e. The first-order valence-electron chi connectivity index (χ1n) is 4.30. The number of amides is 1. The van der Waals surface area contributed by atoms with Gasteiger partial charge >= 0.3 is 0 Å². The number of alkyl halides is 2. The lowest BCUT2D eigenvalue weighted by Crippen LogP contribution is -2.14. The first-order valence-corrected chi connectivity index (χ1v) is 4.30. The molecule has 1 heterocycles. The number of halogens is 2. The third kappa shape index (κ3) is 3.04. The molecule has 0 saturated heterocycles. The second-order valence-electron chi connectivity index (χ2n) is 2.77. The summed E-state index contributed by atoms with van der Waals surface area (Å²) >= 11 is 0. The van der Waals surface area contributed by atoms with E-state index in [4.69, 9.17) is 10.5 Å². The Labute approximate surface area is 90.2 Å². The summed E-state index contributed by atoms with van der Waals surface area (Å²) < 4.78 is 33.1. The zero-order valence-electron chi connectivity index (χ0n) is 8.44. The summed E-state index contributed by atoms with van der Waals surface area (Å²) in [7, 11) is 1.28. The maximum absolute atomic E-state index is 11.9. The fraction of sp³-hybridized carbons (Fsp3) is 0.333. The molecule has 7 heteroatoms. The number of nitrogens with zero attached hydrogens (tertiary/aromatic N) is 1. The monoisotopic (exact) mass is 232 g/mol. The largest absolute Gasteiger partial charge is 0.480 e. The van der Waals surface area contributed by atoms with Gasteiger partial charge in [0.05, 0.1) is 7.11 Å². The Morgan fingerprint density at radius 3 is 2.75 bits per heavy atom. The second-order valence-corrected chi connectivity index (χ2v) is 2.77. The number of aromatic nitrogens is 1. The number of carbonyl (C=O) groups excluding carboxylic acids is 1. The summed E-state index contributed by atoms with van der Waals surface area (Å²) in [6.07, 6.45) is -2.59. The number of hydrogen-bond acceptors (Lipinski definition) is 4. The fourth-order valence-electron chi connectivity index (χ4n) is 0.995. The number of nitrogens with two attached hydrogens (primary N) is 1. The lowest BCUT2D eigenvalue weighted by Gasteiger charge is -2.08. The van der Waals surface area contributed by atoms with Gasteiger partial charge in [-0.1, -0.05) is 0 Å². The SMILES string of the molecule is COc1nc(OCC(F)F)ccc1C(N)=O. The zero-order valence-corrected chi connectivity index (χ0v) is 8.44. The number of ether oxygens (including phenoxy) is 2. The molecule has 0 saturated carbocycles. The summed E-state index contributed by atoms with van der Waals surface area (Å²) in [6, 6.07) is 2.57.